The summed E-state index contributed by atoms with van der Waals surface area (Å²) in [6.07, 6.45) is 4.09. The van der Waals surface area contributed by atoms with Crippen LogP contribution in [-0.2, 0) is 21.6 Å². The van der Waals surface area contributed by atoms with Gasteiger partial charge in [0.1, 0.15) is 12.0 Å². The molecule has 0 unspecified atom stereocenters. The van der Waals surface area contributed by atoms with Crippen LogP contribution in [0.5, 0.6) is 0 Å². The molecule has 2 aromatic heterocycles. The molecule has 0 bridgehead atoms. The molecular formula is C47H49FN5O3Si-. The number of hydrogen-bond acceptors (Lipinski definition) is 5. The minimum Gasteiger partial charge on any atom is -0.379 e. The van der Waals surface area contributed by atoms with E-state index in [0.29, 0.717) is 48.7 Å². The van der Waals surface area contributed by atoms with Crippen LogP contribution < -0.4 is 15.7 Å². The van der Waals surface area contributed by atoms with Gasteiger partial charge in [0.15, 0.2) is 6.67 Å². The minimum absolute atomic E-state index is 0.0347. The van der Waals surface area contributed by atoms with Crippen molar-refractivity contribution in [3.05, 3.63) is 144 Å². The van der Waals surface area contributed by atoms with E-state index in [1.54, 1.807) is 6.33 Å². The van der Waals surface area contributed by atoms with Crippen LogP contribution in [0.3, 0.4) is 0 Å². The van der Waals surface area contributed by atoms with Gasteiger partial charge in [0, 0.05) is 53.2 Å². The third-order valence-corrected chi connectivity index (χ3v) is 14.0. The summed E-state index contributed by atoms with van der Waals surface area (Å²) < 4.78 is 19.8. The Morgan fingerprint density at radius 2 is 1.56 bits per heavy atom. The van der Waals surface area contributed by atoms with Gasteiger partial charge in [-0.05, 0) is 47.2 Å². The molecule has 4 aromatic carbocycles. The number of fused-ring (bicyclic) bond motifs is 1. The molecule has 8 nitrogen and oxygen atoms in total. The summed E-state index contributed by atoms with van der Waals surface area (Å²) in [7, 11) is -1.28. The van der Waals surface area contributed by atoms with Crippen molar-refractivity contribution in [3.63, 3.8) is 0 Å². The van der Waals surface area contributed by atoms with Crippen LogP contribution in [0.4, 0.5) is 10.1 Å². The molecule has 0 atom stereocenters. The number of amides is 2. The van der Waals surface area contributed by atoms with Gasteiger partial charge in [-0.25, -0.2) is 23.2 Å². The molecule has 2 amide bonds. The van der Waals surface area contributed by atoms with Gasteiger partial charge >= 0.3 is 0 Å². The van der Waals surface area contributed by atoms with Gasteiger partial charge in [-0.3, -0.25) is 9.59 Å². The van der Waals surface area contributed by atoms with E-state index < -0.39 is 21.4 Å². The van der Waals surface area contributed by atoms with Crippen molar-refractivity contribution < 1.29 is 18.7 Å². The Bertz CT molecular complexity index is 2350. The van der Waals surface area contributed by atoms with Crippen LogP contribution in [0.2, 0.25) is 5.04 Å². The summed E-state index contributed by atoms with van der Waals surface area (Å²) in [4.78, 5) is 40.2. The molecule has 57 heavy (non-hydrogen) atoms. The Morgan fingerprint density at radius 3 is 2.18 bits per heavy atom. The fourth-order valence-corrected chi connectivity index (χ4v) is 10.8. The molecule has 0 fully saturated rings. The van der Waals surface area contributed by atoms with Crippen molar-refractivity contribution in [2.75, 3.05) is 31.7 Å². The van der Waals surface area contributed by atoms with Gasteiger partial charge in [0.2, 0.25) is 0 Å². The molecule has 0 aliphatic carbocycles. The van der Waals surface area contributed by atoms with E-state index in [-0.39, 0.29) is 23.0 Å². The number of alkyl halides is 1. The zero-order valence-corrected chi connectivity index (χ0v) is 34.2. The average molecular weight is 779 g/mol. The number of halogens is 1. The fraction of sp³-hybridized carbons (Fsp3) is 0.277. The summed E-state index contributed by atoms with van der Waals surface area (Å²) >= 11 is 0. The molecule has 3 heterocycles. The Hall–Kier alpha value is -5.71. The first-order valence-electron chi connectivity index (χ1n) is 19.4. The van der Waals surface area contributed by atoms with Gasteiger partial charge in [0.25, 0.3) is 11.8 Å². The molecule has 1 aliphatic rings. The average Bonchev–Trinajstić information content (AvgIpc) is 3.66. The Kier molecular flexibility index (Phi) is 11.6. The first-order valence-corrected chi connectivity index (χ1v) is 20.9. The quantitative estimate of drug-likeness (QED) is 0.122. The normalized spacial score (nSPS) is 13.4. The topological polar surface area (TPSA) is 100 Å². The summed E-state index contributed by atoms with van der Waals surface area (Å²) in [5.74, 6) is -0.714. The highest BCUT2D eigenvalue weighted by Gasteiger charge is 2.24. The molecule has 292 valence electrons. The van der Waals surface area contributed by atoms with Crippen LogP contribution in [0.25, 0.3) is 27.9 Å². The number of aromatic nitrogens is 3. The standard InChI is InChI=1S/C47H49FN5O3Si/c1-46(2,3)34-21-19-33(20-22-34)45(55)52-40-18-12-17-37(43-38-27-41(51-44(38)50-31-49-43)32-23-25-53(26-24-32)42(54)28-48)39(40)29-56-30-47(4,5)57(35-13-8-6-9-14-35)36-15-10-7-11-16-36/h6-23,27,31H,24-26,28-30H2,1-5H3,(H,52,55)(H,49,50,51)/q-1. The molecule has 0 saturated carbocycles. The summed E-state index contributed by atoms with van der Waals surface area (Å²) in [6, 6.07) is 37.0. The summed E-state index contributed by atoms with van der Waals surface area (Å²) in [6.45, 7) is 11.5. The molecule has 7 rings (SSSR count). The molecule has 6 aromatic rings. The van der Waals surface area contributed by atoms with E-state index in [4.69, 9.17) is 9.72 Å². The highest BCUT2D eigenvalue weighted by Crippen LogP contribution is 2.36. The number of anilines is 1. The fourth-order valence-electron chi connectivity index (χ4n) is 7.59. The predicted molar refractivity (Wildman–Crippen MR) is 229 cm³/mol. The van der Waals surface area contributed by atoms with Crippen molar-refractivity contribution in [3.8, 4) is 11.3 Å². The van der Waals surface area contributed by atoms with Gasteiger partial charge in [-0.2, -0.15) is 10.4 Å². The van der Waals surface area contributed by atoms with Crippen molar-refractivity contribution in [1.29, 1.82) is 0 Å². The number of ether oxygens (including phenoxy) is 1. The van der Waals surface area contributed by atoms with Crippen LogP contribution in [0, 0.1) is 0 Å². The van der Waals surface area contributed by atoms with Gasteiger partial charge in [0.05, 0.1) is 12.3 Å². The van der Waals surface area contributed by atoms with E-state index in [1.165, 1.54) is 15.3 Å². The lowest BCUT2D eigenvalue weighted by Gasteiger charge is -2.48. The van der Waals surface area contributed by atoms with Crippen molar-refractivity contribution in [2.45, 2.75) is 58.1 Å². The number of rotatable bonds is 12. The zero-order valence-electron chi connectivity index (χ0n) is 33.2. The summed E-state index contributed by atoms with van der Waals surface area (Å²) in [5.41, 5.74) is 7.21. The van der Waals surface area contributed by atoms with E-state index in [0.717, 1.165) is 33.3 Å². The van der Waals surface area contributed by atoms with E-state index in [9.17, 15) is 14.0 Å². The first kappa shape index (κ1) is 39.5. The highest BCUT2D eigenvalue weighted by atomic mass is 28.3. The molecule has 0 radical (unpaired) electrons. The largest absolute Gasteiger partial charge is 0.379 e. The van der Waals surface area contributed by atoms with Crippen molar-refractivity contribution in [1.82, 2.24) is 19.9 Å². The Labute approximate surface area is 335 Å². The van der Waals surface area contributed by atoms with E-state index in [2.05, 4.69) is 111 Å². The third-order valence-electron chi connectivity index (χ3n) is 10.7. The lowest BCUT2D eigenvalue weighted by atomic mass is 9.86. The lowest BCUT2D eigenvalue weighted by molar-refractivity contribution is -0.131. The predicted octanol–water partition coefficient (Wildman–Crippen LogP) is 8.37. The van der Waals surface area contributed by atoms with E-state index in [1.807, 2.05) is 54.6 Å². The van der Waals surface area contributed by atoms with Crippen LogP contribution >= 0.6 is 0 Å². The molecule has 10 heteroatoms. The van der Waals surface area contributed by atoms with Gasteiger partial charge < -0.3 is 19.9 Å². The number of carbonyl (C=O) groups excluding carboxylic acids is 2. The van der Waals surface area contributed by atoms with Gasteiger partial charge in [-0.15, -0.1) is 5.04 Å². The number of benzene rings is 4. The van der Waals surface area contributed by atoms with Crippen molar-refractivity contribution >= 4 is 53.3 Å². The number of aromatic amines is 1. The maximum Gasteiger partial charge on any atom is 0.255 e. The van der Waals surface area contributed by atoms with Crippen LogP contribution in [0.1, 0.15) is 68.2 Å². The van der Waals surface area contributed by atoms with Crippen LogP contribution in [0.15, 0.2) is 122 Å². The maximum atomic E-state index is 13.9. The Balaban J connectivity index is 1.23. The molecular weight excluding hydrogens is 730 g/mol. The highest BCUT2D eigenvalue weighted by molar-refractivity contribution is 6.87. The second-order valence-corrected chi connectivity index (χ2v) is 19.5. The van der Waals surface area contributed by atoms with Crippen LogP contribution in [-0.4, -0.2) is 66.8 Å². The molecule has 0 saturated heterocycles. The van der Waals surface area contributed by atoms with E-state index >= 15 is 0 Å². The third kappa shape index (κ3) is 8.82. The number of nitrogens with one attached hydrogen (secondary N) is 2. The molecule has 2 N–H and O–H groups in total. The zero-order chi connectivity index (χ0) is 40.2. The summed E-state index contributed by atoms with van der Waals surface area (Å²) in [5, 5.41) is 6.44. The number of carbonyl (C=O) groups is 2. The first-order chi connectivity index (χ1) is 27.4. The minimum atomic E-state index is -1.28. The van der Waals surface area contributed by atoms with Crippen molar-refractivity contribution in [2.24, 2.45) is 0 Å². The lowest BCUT2D eigenvalue weighted by Crippen LogP contribution is -2.51. The monoisotopic (exact) mass is 778 g/mol. The van der Waals surface area contributed by atoms with Gasteiger partial charge in [-0.1, -0.05) is 126 Å². The maximum absolute atomic E-state index is 13.9. The Morgan fingerprint density at radius 1 is 0.877 bits per heavy atom. The number of hydrogen-bond donors (Lipinski definition) is 2. The SMILES string of the molecule is CC(C)(C)c1ccc(C(=O)Nc2cccc(-c3ncnc4[nH]c(C5=CCN(C(=O)CF)CC5)cc34)c2COCC(C)(C)[Si-](c2ccccc2)c2ccccc2)cc1. The number of H-pyrrole nitrogens is 1. The second-order valence-electron chi connectivity index (χ2n) is 16.2. The second kappa shape index (κ2) is 16.8. The molecule has 1 aliphatic heterocycles. The molecule has 0 spiro atoms. The smallest absolute Gasteiger partial charge is 0.255 e. The number of nitrogens with zero attached hydrogens (tertiary/aromatic N) is 3.